The lowest BCUT2D eigenvalue weighted by Crippen LogP contribution is -2.76. The monoisotopic (exact) mass is 404 g/mol. The number of hydrogen-bond acceptors (Lipinski definition) is 4. The van der Waals surface area contributed by atoms with Gasteiger partial charge in [0.05, 0.1) is 6.10 Å². The summed E-state index contributed by atoms with van der Waals surface area (Å²) in [5, 5.41) is 2.70. The second kappa shape index (κ2) is 7.73. The lowest BCUT2D eigenvalue weighted by Gasteiger charge is -2.46. The molecule has 11 heteroatoms. The number of ether oxygens (including phenoxy) is 1. The lowest BCUT2D eigenvalue weighted by molar-refractivity contribution is -0.352. The highest BCUT2D eigenvalue weighted by atomic mass is 32.1. The molecule has 1 saturated heterocycles. The standard InChI is InChI=1S/C15H18F6N2O2S/c1-10(24)22-13(14(16,17)18,15(19,20)21)23(8-11-4-2-6-25-11)9-12-5-3-7-26-12/h3,5,7,11H,2,4,6,8-9H2,1H3,(H,22,24). The topological polar surface area (TPSA) is 41.6 Å². The molecule has 1 aromatic heterocycles. The molecule has 1 aliphatic rings. The fraction of sp³-hybridized carbons (Fsp3) is 0.667. The maximum Gasteiger partial charge on any atom is 0.434 e. The van der Waals surface area contributed by atoms with Gasteiger partial charge in [-0.05, 0) is 24.3 Å². The van der Waals surface area contributed by atoms with E-state index in [2.05, 4.69) is 0 Å². The second-order valence-corrected chi connectivity index (χ2v) is 7.01. The van der Waals surface area contributed by atoms with Crippen molar-refractivity contribution in [3.63, 3.8) is 0 Å². The molecule has 4 nitrogen and oxygen atoms in total. The fourth-order valence-electron chi connectivity index (χ4n) is 2.94. The van der Waals surface area contributed by atoms with Crippen molar-refractivity contribution in [2.75, 3.05) is 13.2 Å². The predicted octanol–water partition coefficient (Wildman–Crippen LogP) is 3.69. The first kappa shape index (κ1) is 21.0. The highest BCUT2D eigenvalue weighted by Gasteiger charge is 2.75. The largest absolute Gasteiger partial charge is 0.434 e. The molecule has 0 radical (unpaired) electrons. The molecule has 1 fully saturated rings. The Morgan fingerprint density at radius 3 is 2.38 bits per heavy atom. The number of halogens is 6. The van der Waals surface area contributed by atoms with Crippen molar-refractivity contribution in [3.8, 4) is 0 Å². The Labute approximate surface area is 150 Å². The van der Waals surface area contributed by atoms with Crippen LogP contribution in [-0.4, -0.2) is 48.1 Å². The van der Waals surface area contributed by atoms with E-state index < -0.39 is 43.1 Å². The molecule has 1 aliphatic heterocycles. The Hall–Kier alpha value is -1.33. The van der Waals surface area contributed by atoms with Gasteiger partial charge in [0.25, 0.3) is 5.66 Å². The first-order chi connectivity index (χ1) is 12.0. The van der Waals surface area contributed by atoms with E-state index in [4.69, 9.17) is 4.74 Å². The molecule has 0 spiro atoms. The summed E-state index contributed by atoms with van der Waals surface area (Å²) in [5.41, 5.74) is -4.50. The highest BCUT2D eigenvalue weighted by Crippen LogP contribution is 2.46. The average Bonchev–Trinajstić information content (AvgIpc) is 3.14. The smallest absolute Gasteiger partial charge is 0.377 e. The van der Waals surface area contributed by atoms with Crippen molar-refractivity contribution in [1.29, 1.82) is 0 Å². The van der Waals surface area contributed by atoms with Crippen molar-refractivity contribution >= 4 is 17.2 Å². The summed E-state index contributed by atoms with van der Waals surface area (Å²) in [5.74, 6) is -1.43. The van der Waals surface area contributed by atoms with Crippen LogP contribution < -0.4 is 5.32 Å². The van der Waals surface area contributed by atoms with Crippen molar-refractivity contribution in [3.05, 3.63) is 22.4 Å². The third-order valence-corrected chi connectivity index (χ3v) is 4.89. The Bertz CT molecular complexity index is 582. The van der Waals surface area contributed by atoms with Gasteiger partial charge in [0.2, 0.25) is 5.91 Å². The lowest BCUT2D eigenvalue weighted by atomic mass is 10.0. The molecule has 1 atom stereocenters. The number of alkyl halides is 6. The van der Waals surface area contributed by atoms with E-state index in [1.807, 2.05) is 0 Å². The van der Waals surface area contributed by atoms with Gasteiger partial charge in [0, 0.05) is 31.5 Å². The summed E-state index contributed by atoms with van der Waals surface area (Å²) in [7, 11) is 0. The van der Waals surface area contributed by atoms with Crippen LogP contribution in [0.25, 0.3) is 0 Å². The normalized spacial score (nSPS) is 19.2. The number of rotatable bonds is 6. The average molecular weight is 404 g/mol. The van der Waals surface area contributed by atoms with E-state index in [-0.39, 0.29) is 11.5 Å². The molecule has 148 valence electrons. The minimum absolute atomic E-state index is 0.218. The summed E-state index contributed by atoms with van der Waals surface area (Å²) in [4.78, 5) is 11.9. The summed E-state index contributed by atoms with van der Waals surface area (Å²) < 4.78 is 87.9. The Morgan fingerprint density at radius 2 is 1.96 bits per heavy atom. The molecule has 0 saturated carbocycles. The molecule has 2 rings (SSSR count). The molecular weight excluding hydrogens is 386 g/mol. The van der Waals surface area contributed by atoms with E-state index in [9.17, 15) is 31.1 Å². The zero-order valence-electron chi connectivity index (χ0n) is 13.8. The SMILES string of the molecule is CC(=O)NC(N(Cc1cccs1)CC1CCCO1)(C(F)(F)F)C(F)(F)F. The third kappa shape index (κ3) is 4.32. The minimum atomic E-state index is -5.78. The maximum atomic E-state index is 13.8. The fourth-order valence-corrected chi connectivity index (χ4v) is 3.66. The minimum Gasteiger partial charge on any atom is -0.377 e. The number of thiophene rings is 1. The summed E-state index contributed by atoms with van der Waals surface area (Å²) in [6.45, 7) is -0.335. The molecular formula is C15H18F6N2O2S. The van der Waals surface area contributed by atoms with E-state index in [0.29, 0.717) is 24.6 Å². The van der Waals surface area contributed by atoms with Crippen molar-refractivity contribution in [2.45, 2.75) is 50.4 Å². The van der Waals surface area contributed by atoms with Crippen LogP contribution in [0.1, 0.15) is 24.6 Å². The Balaban J connectivity index is 2.51. The number of nitrogens with one attached hydrogen (secondary N) is 1. The van der Waals surface area contributed by atoms with Gasteiger partial charge in [-0.15, -0.1) is 11.3 Å². The van der Waals surface area contributed by atoms with Gasteiger partial charge >= 0.3 is 12.4 Å². The van der Waals surface area contributed by atoms with Crippen molar-refractivity contribution in [1.82, 2.24) is 10.2 Å². The molecule has 1 amide bonds. The van der Waals surface area contributed by atoms with Gasteiger partial charge in [-0.25, -0.2) is 0 Å². The number of amides is 1. The number of hydrogen-bond donors (Lipinski definition) is 1. The first-order valence-corrected chi connectivity index (χ1v) is 8.66. The highest BCUT2D eigenvalue weighted by molar-refractivity contribution is 7.09. The molecule has 2 heterocycles. The van der Waals surface area contributed by atoms with Gasteiger partial charge in [-0.3, -0.25) is 9.69 Å². The summed E-state index contributed by atoms with van der Waals surface area (Å²) >= 11 is 1.04. The van der Waals surface area contributed by atoms with Crippen LogP contribution in [0.3, 0.4) is 0 Å². The quantitative estimate of drug-likeness (QED) is 0.581. The van der Waals surface area contributed by atoms with Gasteiger partial charge in [-0.1, -0.05) is 6.07 Å². The zero-order chi connectivity index (χ0) is 19.6. The molecule has 1 N–H and O–H groups in total. The van der Waals surface area contributed by atoms with Crippen LogP contribution in [0.2, 0.25) is 0 Å². The van der Waals surface area contributed by atoms with Gasteiger partial charge in [0.1, 0.15) is 0 Å². The zero-order valence-corrected chi connectivity index (χ0v) is 14.6. The molecule has 0 bridgehead atoms. The van der Waals surface area contributed by atoms with E-state index >= 15 is 0 Å². The second-order valence-electron chi connectivity index (χ2n) is 5.98. The van der Waals surface area contributed by atoms with Crippen LogP contribution in [0.4, 0.5) is 26.3 Å². The molecule has 0 aromatic carbocycles. The number of carbonyl (C=O) groups excluding carboxylic acids is 1. The van der Waals surface area contributed by atoms with Gasteiger partial charge in [0.15, 0.2) is 0 Å². The maximum absolute atomic E-state index is 13.8. The van der Waals surface area contributed by atoms with Crippen molar-refractivity contribution in [2.24, 2.45) is 0 Å². The molecule has 1 unspecified atom stereocenters. The van der Waals surface area contributed by atoms with Crippen LogP contribution in [0, 0.1) is 0 Å². The number of carbonyl (C=O) groups is 1. The van der Waals surface area contributed by atoms with E-state index in [1.165, 1.54) is 12.1 Å². The predicted molar refractivity (Wildman–Crippen MR) is 82.4 cm³/mol. The van der Waals surface area contributed by atoms with Gasteiger partial charge < -0.3 is 10.1 Å². The molecule has 26 heavy (non-hydrogen) atoms. The van der Waals surface area contributed by atoms with Crippen LogP contribution in [0.15, 0.2) is 17.5 Å². The summed E-state index contributed by atoms with van der Waals surface area (Å²) in [6, 6.07) is 2.98. The summed E-state index contributed by atoms with van der Waals surface area (Å²) in [6.07, 6.45) is -11.4. The third-order valence-electron chi connectivity index (χ3n) is 4.03. The van der Waals surface area contributed by atoms with Crippen LogP contribution in [-0.2, 0) is 16.1 Å². The van der Waals surface area contributed by atoms with Gasteiger partial charge in [-0.2, -0.15) is 26.3 Å². The molecule has 0 aliphatic carbocycles. The number of nitrogens with zero attached hydrogens (tertiary/aromatic N) is 1. The van der Waals surface area contributed by atoms with Crippen LogP contribution in [0.5, 0.6) is 0 Å². The van der Waals surface area contributed by atoms with Crippen molar-refractivity contribution < 1.29 is 35.9 Å². The Morgan fingerprint density at radius 1 is 1.31 bits per heavy atom. The van der Waals surface area contributed by atoms with Crippen LogP contribution >= 0.6 is 11.3 Å². The Kier molecular flexibility index (Phi) is 6.24. The molecule has 1 aromatic rings. The van der Waals surface area contributed by atoms with E-state index in [1.54, 1.807) is 5.38 Å². The van der Waals surface area contributed by atoms with E-state index in [0.717, 1.165) is 16.7 Å². The first-order valence-electron chi connectivity index (χ1n) is 7.78.